The Bertz CT molecular complexity index is 345. The van der Waals surface area contributed by atoms with Crippen molar-refractivity contribution in [1.82, 2.24) is 5.32 Å². The zero-order chi connectivity index (χ0) is 11.5. The molecule has 2 rings (SSSR count). The molecule has 0 aliphatic heterocycles. The molecule has 1 aliphatic rings. The molecule has 1 aromatic heterocycles. The lowest BCUT2D eigenvalue weighted by Crippen LogP contribution is -2.27. The first kappa shape index (κ1) is 11.9. The summed E-state index contributed by atoms with van der Waals surface area (Å²) in [6.45, 7) is 8.27. The molecule has 2 unspecified atom stereocenters. The van der Waals surface area contributed by atoms with Gasteiger partial charge in [-0.15, -0.1) is 17.9 Å². The minimum atomic E-state index is 0.477. The fraction of sp³-hybridized carbons (Fsp3) is 0.571. The quantitative estimate of drug-likeness (QED) is 0.764. The number of rotatable bonds is 5. The molecule has 16 heavy (non-hydrogen) atoms. The van der Waals surface area contributed by atoms with E-state index in [1.165, 1.54) is 24.1 Å². The molecule has 2 heteroatoms. The van der Waals surface area contributed by atoms with Gasteiger partial charge in [0.2, 0.25) is 0 Å². The van der Waals surface area contributed by atoms with Crippen LogP contribution >= 0.6 is 11.3 Å². The largest absolute Gasteiger partial charge is 0.307 e. The monoisotopic (exact) mass is 235 g/mol. The first-order valence-electron chi connectivity index (χ1n) is 6.19. The van der Waals surface area contributed by atoms with E-state index in [9.17, 15) is 0 Å². The van der Waals surface area contributed by atoms with E-state index in [4.69, 9.17) is 0 Å². The first-order chi connectivity index (χ1) is 7.70. The van der Waals surface area contributed by atoms with Crippen molar-refractivity contribution in [3.63, 3.8) is 0 Å². The smallest absolute Gasteiger partial charge is 0.0388 e. The van der Waals surface area contributed by atoms with Gasteiger partial charge in [-0.05, 0) is 51.2 Å². The minimum Gasteiger partial charge on any atom is -0.307 e. The van der Waals surface area contributed by atoms with Crippen LogP contribution in [0.25, 0.3) is 0 Å². The van der Waals surface area contributed by atoms with Gasteiger partial charge in [-0.1, -0.05) is 6.08 Å². The molecule has 0 amide bonds. The molecule has 0 spiro atoms. The number of fused-ring (bicyclic) bond motifs is 1. The summed E-state index contributed by atoms with van der Waals surface area (Å²) < 4.78 is 0. The zero-order valence-corrected chi connectivity index (χ0v) is 11.1. The lowest BCUT2D eigenvalue weighted by atomic mass is 10.1. The molecule has 0 saturated heterocycles. The number of nitrogens with one attached hydrogen (secondary N) is 1. The Labute approximate surface area is 103 Å². The van der Waals surface area contributed by atoms with Crippen LogP contribution < -0.4 is 5.32 Å². The number of aryl methyl sites for hydroxylation is 2. The van der Waals surface area contributed by atoms with E-state index in [0.29, 0.717) is 12.1 Å². The molecular formula is C14H21NS. The molecule has 1 aliphatic carbocycles. The number of thiophene rings is 1. The first-order valence-corrected chi connectivity index (χ1v) is 7.00. The molecule has 2 atom stereocenters. The van der Waals surface area contributed by atoms with Gasteiger partial charge < -0.3 is 5.32 Å². The van der Waals surface area contributed by atoms with Gasteiger partial charge in [-0.2, -0.15) is 0 Å². The Balaban J connectivity index is 1.98. The van der Waals surface area contributed by atoms with Gasteiger partial charge in [0, 0.05) is 21.8 Å². The average Bonchev–Trinajstić information content (AvgIpc) is 2.76. The van der Waals surface area contributed by atoms with E-state index in [0.717, 1.165) is 6.42 Å². The molecule has 1 heterocycles. The van der Waals surface area contributed by atoms with Crippen molar-refractivity contribution in [3.05, 3.63) is 34.0 Å². The Kier molecular flexibility index (Phi) is 3.82. The van der Waals surface area contributed by atoms with Crippen molar-refractivity contribution in [2.75, 3.05) is 0 Å². The van der Waals surface area contributed by atoms with Crippen LogP contribution in [0.15, 0.2) is 18.7 Å². The maximum atomic E-state index is 3.78. The van der Waals surface area contributed by atoms with E-state index < -0.39 is 0 Å². The number of hydrogen-bond acceptors (Lipinski definition) is 2. The number of hydrogen-bond donors (Lipinski definition) is 1. The molecule has 0 radical (unpaired) electrons. The van der Waals surface area contributed by atoms with E-state index in [-0.39, 0.29) is 0 Å². The maximum absolute atomic E-state index is 3.78. The second kappa shape index (κ2) is 5.15. The second-order valence-electron chi connectivity index (χ2n) is 4.76. The molecule has 0 aromatic carbocycles. The summed E-state index contributed by atoms with van der Waals surface area (Å²) in [5, 5.41) is 3.62. The van der Waals surface area contributed by atoms with Gasteiger partial charge >= 0.3 is 0 Å². The topological polar surface area (TPSA) is 12.0 Å². The van der Waals surface area contributed by atoms with E-state index >= 15 is 0 Å². The second-order valence-corrected chi connectivity index (χ2v) is 5.93. The van der Waals surface area contributed by atoms with Gasteiger partial charge in [-0.25, -0.2) is 0 Å². The summed E-state index contributed by atoms with van der Waals surface area (Å²) in [7, 11) is 0. The highest BCUT2D eigenvalue weighted by atomic mass is 32.1. The third-order valence-corrected chi connectivity index (χ3v) is 4.67. The zero-order valence-electron chi connectivity index (χ0n) is 10.3. The third-order valence-electron chi connectivity index (χ3n) is 3.25. The highest BCUT2D eigenvalue weighted by Crippen LogP contribution is 2.33. The van der Waals surface area contributed by atoms with Gasteiger partial charge in [0.1, 0.15) is 0 Å². The fourth-order valence-electron chi connectivity index (χ4n) is 2.39. The fourth-order valence-corrected chi connectivity index (χ4v) is 3.66. The standard InChI is InChI=1S/C14H21NS/c1-4-6-10(2)15-11(3)14-9-12-7-5-8-13(12)16-14/h4,9-11,15H,1,5-8H2,2-3H3. The maximum Gasteiger partial charge on any atom is 0.0388 e. The minimum absolute atomic E-state index is 0.477. The van der Waals surface area contributed by atoms with Crippen LogP contribution in [0.3, 0.4) is 0 Å². The van der Waals surface area contributed by atoms with Crippen molar-refractivity contribution in [3.8, 4) is 0 Å². The van der Waals surface area contributed by atoms with Crippen molar-refractivity contribution in [1.29, 1.82) is 0 Å². The van der Waals surface area contributed by atoms with Gasteiger partial charge in [0.05, 0.1) is 0 Å². The van der Waals surface area contributed by atoms with E-state index in [1.54, 1.807) is 10.4 Å². The van der Waals surface area contributed by atoms with Crippen LogP contribution in [0, 0.1) is 0 Å². The normalized spacial score (nSPS) is 18.1. The Hall–Kier alpha value is -0.600. The summed E-state index contributed by atoms with van der Waals surface area (Å²) in [4.78, 5) is 3.13. The van der Waals surface area contributed by atoms with Crippen molar-refractivity contribution < 1.29 is 0 Å². The van der Waals surface area contributed by atoms with Crippen molar-refractivity contribution in [2.45, 2.75) is 51.6 Å². The highest BCUT2D eigenvalue weighted by Gasteiger charge is 2.18. The molecule has 0 saturated carbocycles. The van der Waals surface area contributed by atoms with Gasteiger partial charge in [0.25, 0.3) is 0 Å². The molecule has 1 aromatic rings. The van der Waals surface area contributed by atoms with Gasteiger partial charge in [0.15, 0.2) is 0 Å². The molecule has 1 N–H and O–H groups in total. The van der Waals surface area contributed by atoms with Crippen molar-refractivity contribution >= 4 is 11.3 Å². The predicted molar refractivity (Wildman–Crippen MR) is 72.2 cm³/mol. The molecule has 0 bridgehead atoms. The van der Waals surface area contributed by atoms with Crippen LogP contribution in [-0.4, -0.2) is 6.04 Å². The van der Waals surface area contributed by atoms with Gasteiger partial charge in [-0.3, -0.25) is 0 Å². The van der Waals surface area contributed by atoms with E-state index in [1.807, 2.05) is 17.4 Å². The average molecular weight is 235 g/mol. The summed E-state index contributed by atoms with van der Waals surface area (Å²) in [6, 6.07) is 3.40. The Morgan fingerprint density at radius 2 is 2.31 bits per heavy atom. The summed E-state index contributed by atoms with van der Waals surface area (Å²) >= 11 is 2.00. The van der Waals surface area contributed by atoms with Crippen LogP contribution in [-0.2, 0) is 12.8 Å². The summed E-state index contributed by atoms with van der Waals surface area (Å²) in [6.07, 6.45) is 6.97. The summed E-state index contributed by atoms with van der Waals surface area (Å²) in [5.74, 6) is 0. The predicted octanol–water partition coefficient (Wildman–Crippen LogP) is 3.85. The van der Waals surface area contributed by atoms with E-state index in [2.05, 4.69) is 31.8 Å². The lowest BCUT2D eigenvalue weighted by molar-refractivity contribution is 0.487. The highest BCUT2D eigenvalue weighted by molar-refractivity contribution is 7.12. The molecule has 88 valence electrons. The van der Waals surface area contributed by atoms with Crippen LogP contribution in [0.5, 0.6) is 0 Å². The SMILES string of the molecule is C=CCC(C)NC(C)c1cc2c(s1)CCC2. The molecular weight excluding hydrogens is 214 g/mol. The molecule has 1 nitrogen and oxygen atoms in total. The van der Waals surface area contributed by atoms with Crippen molar-refractivity contribution in [2.24, 2.45) is 0 Å². The van der Waals surface area contributed by atoms with Crippen LogP contribution in [0.4, 0.5) is 0 Å². The third kappa shape index (κ3) is 2.55. The lowest BCUT2D eigenvalue weighted by Gasteiger charge is -2.17. The molecule has 0 fully saturated rings. The Morgan fingerprint density at radius 1 is 1.50 bits per heavy atom. The van der Waals surface area contributed by atoms with Crippen LogP contribution in [0.2, 0.25) is 0 Å². The summed E-state index contributed by atoms with van der Waals surface area (Å²) in [5.41, 5.74) is 1.60. The van der Waals surface area contributed by atoms with Crippen LogP contribution in [0.1, 0.15) is 48.0 Å². The Morgan fingerprint density at radius 3 is 3.00 bits per heavy atom.